The fourth-order valence-corrected chi connectivity index (χ4v) is 3.58. The van der Waals surface area contributed by atoms with Gasteiger partial charge in [-0.05, 0) is 55.4 Å². The summed E-state index contributed by atoms with van der Waals surface area (Å²) in [6, 6.07) is 14.5. The van der Waals surface area contributed by atoms with Gasteiger partial charge >= 0.3 is 0 Å². The summed E-state index contributed by atoms with van der Waals surface area (Å²) < 4.78 is 8.20. The summed E-state index contributed by atoms with van der Waals surface area (Å²) in [6.45, 7) is 7.36. The molecule has 0 bridgehead atoms. The van der Waals surface area contributed by atoms with Gasteiger partial charge in [0.1, 0.15) is 5.75 Å². The predicted molar refractivity (Wildman–Crippen MR) is 107 cm³/mol. The molecule has 1 heterocycles. The monoisotopic (exact) mass is 351 g/mol. The molecule has 0 saturated carbocycles. The van der Waals surface area contributed by atoms with Crippen LogP contribution >= 0.6 is 0 Å². The molecule has 1 aromatic heterocycles. The highest BCUT2D eigenvalue weighted by atomic mass is 28.4. The van der Waals surface area contributed by atoms with Gasteiger partial charge in [-0.15, -0.1) is 0 Å². The first-order valence-electron chi connectivity index (χ1n) is 8.60. The maximum atomic E-state index is 6.18. The molecule has 0 aliphatic carbocycles. The second-order valence-corrected chi connectivity index (χ2v) is 11.6. The van der Waals surface area contributed by atoms with Crippen molar-refractivity contribution >= 4 is 25.6 Å². The summed E-state index contributed by atoms with van der Waals surface area (Å²) in [5.74, 6) is 1.01. The zero-order chi connectivity index (χ0) is 17.9. The van der Waals surface area contributed by atoms with Crippen LogP contribution < -0.4 is 4.43 Å². The largest absolute Gasteiger partial charge is 0.544 e. The summed E-state index contributed by atoms with van der Waals surface area (Å²) in [5, 5.41) is 0. The Morgan fingerprint density at radius 2 is 1.96 bits per heavy atom. The summed E-state index contributed by atoms with van der Waals surface area (Å²) in [6.07, 6.45) is 4.65. The number of benzene rings is 2. The van der Waals surface area contributed by atoms with Gasteiger partial charge < -0.3 is 8.99 Å². The molecule has 25 heavy (non-hydrogen) atoms. The van der Waals surface area contributed by atoms with Crippen LogP contribution in [0.1, 0.15) is 11.1 Å². The van der Waals surface area contributed by atoms with Gasteiger partial charge in [-0.1, -0.05) is 24.3 Å². The minimum atomic E-state index is -1.60. The molecule has 0 unspecified atom stereocenters. The number of para-hydroxylation sites is 1. The molecule has 3 aromatic rings. The highest BCUT2D eigenvalue weighted by Crippen LogP contribution is 2.22. The molecule has 130 valence electrons. The highest BCUT2D eigenvalue weighted by Gasteiger charge is 2.17. The van der Waals surface area contributed by atoms with E-state index >= 15 is 0 Å². The molecule has 3 rings (SSSR count). The van der Waals surface area contributed by atoms with E-state index in [1.54, 1.807) is 0 Å². The number of fused-ring (bicyclic) bond motifs is 1. The van der Waals surface area contributed by atoms with Crippen molar-refractivity contribution < 1.29 is 4.43 Å². The molecular formula is C20H25N3OSi. The van der Waals surface area contributed by atoms with E-state index in [9.17, 15) is 0 Å². The van der Waals surface area contributed by atoms with Crippen molar-refractivity contribution in [2.24, 2.45) is 12.0 Å². The molecule has 0 saturated heterocycles. The fraction of sp³-hybridized carbons (Fsp3) is 0.300. The van der Waals surface area contributed by atoms with E-state index in [0.29, 0.717) is 0 Å². The molecule has 0 aliphatic rings. The Balaban J connectivity index is 1.66. The third kappa shape index (κ3) is 4.57. The van der Waals surface area contributed by atoms with Gasteiger partial charge in [0.15, 0.2) is 0 Å². The van der Waals surface area contributed by atoms with Crippen molar-refractivity contribution in [1.82, 2.24) is 9.55 Å². The molecule has 0 N–H and O–H groups in total. The van der Waals surface area contributed by atoms with Gasteiger partial charge in [-0.3, -0.25) is 4.99 Å². The van der Waals surface area contributed by atoms with Gasteiger partial charge in [-0.2, -0.15) is 0 Å². The molecule has 0 fully saturated rings. The number of imidazole rings is 1. The molecule has 4 nitrogen and oxygen atoms in total. The SMILES string of the molecule is Cn1cnc2ccc(C=NCCc3ccccc3O[Si](C)(C)C)cc21. The van der Waals surface area contributed by atoms with E-state index in [1.807, 2.05) is 36.3 Å². The van der Waals surface area contributed by atoms with Gasteiger partial charge in [-0.25, -0.2) is 4.98 Å². The van der Waals surface area contributed by atoms with Gasteiger partial charge in [0.2, 0.25) is 8.32 Å². The Morgan fingerprint density at radius 3 is 2.76 bits per heavy atom. The lowest BCUT2D eigenvalue weighted by atomic mass is 10.1. The normalized spacial score (nSPS) is 12.2. The number of rotatable bonds is 6. The van der Waals surface area contributed by atoms with Crippen LogP contribution in [0.4, 0.5) is 0 Å². The Bertz CT molecular complexity index is 893. The van der Waals surface area contributed by atoms with Crippen LogP contribution in [0.15, 0.2) is 53.8 Å². The van der Waals surface area contributed by atoms with E-state index in [2.05, 4.69) is 59.9 Å². The summed E-state index contributed by atoms with van der Waals surface area (Å²) in [7, 11) is 0.405. The van der Waals surface area contributed by atoms with Crippen LogP contribution in [0.25, 0.3) is 11.0 Å². The van der Waals surface area contributed by atoms with Crippen LogP contribution in [-0.2, 0) is 13.5 Å². The average molecular weight is 352 g/mol. The van der Waals surface area contributed by atoms with Crippen LogP contribution in [-0.4, -0.2) is 30.6 Å². The van der Waals surface area contributed by atoms with Gasteiger partial charge in [0.05, 0.1) is 17.4 Å². The lowest BCUT2D eigenvalue weighted by molar-refractivity contribution is 0.549. The van der Waals surface area contributed by atoms with Crippen LogP contribution in [0.3, 0.4) is 0 Å². The third-order valence-electron chi connectivity index (χ3n) is 3.89. The summed E-state index contributed by atoms with van der Waals surface area (Å²) in [4.78, 5) is 8.94. The number of nitrogens with zero attached hydrogens (tertiary/aromatic N) is 3. The van der Waals surface area contributed by atoms with Crippen LogP contribution in [0.5, 0.6) is 5.75 Å². The standard InChI is InChI=1S/C20H25N3OSi/c1-23-15-22-18-10-9-16(13-19(18)23)14-21-12-11-17-7-5-6-8-20(17)24-25(2,3)4/h5-10,13-15H,11-12H2,1-4H3. The van der Waals surface area contributed by atoms with E-state index in [4.69, 9.17) is 4.43 Å². The molecule has 0 aliphatic heterocycles. The molecular weight excluding hydrogens is 326 g/mol. The van der Waals surface area contributed by atoms with E-state index in [0.717, 1.165) is 35.3 Å². The Morgan fingerprint density at radius 1 is 1.16 bits per heavy atom. The van der Waals surface area contributed by atoms with E-state index in [-0.39, 0.29) is 0 Å². The number of hydrogen-bond acceptors (Lipinski definition) is 3. The maximum Gasteiger partial charge on any atom is 0.242 e. The Hall–Kier alpha value is -2.40. The van der Waals surface area contributed by atoms with Gasteiger partial charge in [0, 0.05) is 19.8 Å². The molecule has 0 atom stereocenters. The zero-order valence-electron chi connectivity index (χ0n) is 15.4. The third-order valence-corrected chi connectivity index (χ3v) is 4.72. The average Bonchev–Trinajstić information content (AvgIpc) is 2.92. The van der Waals surface area contributed by atoms with Crippen molar-refractivity contribution in [3.05, 3.63) is 59.9 Å². The number of aromatic nitrogens is 2. The topological polar surface area (TPSA) is 39.4 Å². The fourth-order valence-electron chi connectivity index (χ4n) is 2.72. The lowest BCUT2D eigenvalue weighted by Gasteiger charge is -2.21. The maximum absolute atomic E-state index is 6.18. The second-order valence-electron chi connectivity index (χ2n) is 7.21. The Labute approximate surface area is 150 Å². The second kappa shape index (κ2) is 7.23. The van der Waals surface area contributed by atoms with E-state index in [1.165, 1.54) is 5.56 Å². The summed E-state index contributed by atoms with van der Waals surface area (Å²) >= 11 is 0. The molecule has 5 heteroatoms. The minimum Gasteiger partial charge on any atom is -0.544 e. The number of aryl methyl sites for hydroxylation is 1. The highest BCUT2D eigenvalue weighted by molar-refractivity contribution is 6.70. The Kier molecular flexibility index (Phi) is 5.04. The van der Waals surface area contributed by atoms with Crippen molar-refractivity contribution in [1.29, 1.82) is 0 Å². The zero-order valence-corrected chi connectivity index (χ0v) is 16.4. The first-order valence-corrected chi connectivity index (χ1v) is 12.0. The number of hydrogen-bond donors (Lipinski definition) is 0. The predicted octanol–water partition coefficient (Wildman–Crippen LogP) is 4.45. The van der Waals surface area contributed by atoms with E-state index < -0.39 is 8.32 Å². The van der Waals surface area contributed by atoms with Crippen molar-refractivity contribution in [2.45, 2.75) is 26.1 Å². The van der Waals surface area contributed by atoms with Crippen molar-refractivity contribution in [2.75, 3.05) is 6.54 Å². The quantitative estimate of drug-likeness (QED) is 0.486. The number of aliphatic imine (C=N–C) groups is 1. The molecule has 0 amide bonds. The van der Waals surface area contributed by atoms with Gasteiger partial charge in [0.25, 0.3) is 0 Å². The van der Waals surface area contributed by atoms with Crippen LogP contribution in [0, 0.1) is 0 Å². The molecule has 0 spiro atoms. The van der Waals surface area contributed by atoms with Crippen molar-refractivity contribution in [3.63, 3.8) is 0 Å². The molecule has 2 aromatic carbocycles. The minimum absolute atomic E-state index is 0.746. The summed E-state index contributed by atoms with van der Waals surface area (Å²) in [5.41, 5.74) is 4.46. The lowest BCUT2D eigenvalue weighted by Crippen LogP contribution is -2.29. The van der Waals surface area contributed by atoms with Crippen molar-refractivity contribution in [3.8, 4) is 5.75 Å². The van der Waals surface area contributed by atoms with Crippen LogP contribution in [0.2, 0.25) is 19.6 Å². The first kappa shape index (κ1) is 17.4. The smallest absolute Gasteiger partial charge is 0.242 e. The first-order chi connectivity index (χ1) is 11.9. The molecule has 0 radical (unpaired) electrons.